The maximum atomic E-state index is 5.19. The quantitative estimate of drug-likeness (QED) is 0.741. The van der Waals surface area contributed by atoms with Gasteiger partial charge in [0.25, 0.3) is 0 Å². The molecule has 0 saturated carbocycles. The lowest BCUT2D eigenvalue weighted by molar-refractivity contribution is 0.415. The van der Waals surface area contributed by atoms with Crippen molar-refractivity contribution in [1.82, 2.24) is 20.2 Å². The van der Waals surface area contributed by atoms with E-state index in [1.54, 1.807) is 7.11 Å². The monoisotopic (exact) mass is 242 g/mol. The zero-order chi connectivity index (χ0) is 12.5. The van der Waals surface area contributed by atoms with Crippen LogP contribution in [-0.2, 0) is 6.42 Å². The van der Waals surface area contributed by atoms with E-state index in [1.165, 1.54) is 0 Å². The number of nitrogens with one attached hydrogen (secondary N) is 2. The minimum Gasteiger partial charge on any atom is -0.497 e. The number of H-pyrrole nitrogens is 2. The van der Waals surface area contributed by atoms with Crippen molar-refractivity contribution in [2.24, 2.45) is 0 Å². The number of hydrogen-bond acceptors (Lipinski definition) is 3. The number of nitrogens with zero attached hydrogens (tertiary/aromatic N) is 2. The fourth-order valence-corrected chi connectivity index (χ4v) is 1.90. The Morgan fingerprint density at radius 3 is 2.89 bits per heavy atom. The SMILES string of the molecule is CCc1cc(-c2nc3ccc(OC)cc3[nH]2)n[nH]1. The third-order valence-electron chi connectivity index (χ3n) is 2.94. The van der Waals surface area contributed by atoms with E-state index in [1.807, 2.05) is 24.3 Å². The Morgan fingerprint density at radius 1 is 1.28 bits per heavy atom. The first kappa shape index (κ1) is 10.8. The highest BCUT2D eigenvalue weighted by atomic mass is 16.5. The molecule has 3 rings (SSSR count). The van der Waals surface area contributed by atoms with Crippen molar-refractivity contribution in [1.29, 1.82) is 0 Å². The van der Waals surface area contributed by atoms with E-state index in [2.05, 4.69) is 27.1 Å². The summed E-state index contributed by atoms with van der Waals surface area (Å²) in [5, 5.41) is 7.23. The number of aromatic nitrogens is 4. The van der Waals surface area contributed by atoms with Gasteiger partial charge in [-0.05, 0) is 24.6 Å². The van der Waals surface area contributed by atoms with Gasteiger partial charge in [0.05, 0.1) is 18.1 Å². The minimum atomic E-state index is 0.772. The van der Waals surface area contributed by atoms with Crippen molar-refractivity contribution >= 4 is 11.0 Å². The fourth-order valence-electron chi connectivity index (χ4n) is 1.90. The molecule has 0 aliphatic carbocycles. The molecule has 18 heavy (non-hydrogen) atoms. The van der Waals surface area contributed by atoms with Gasteiger partial charge >= 0.3 is 0 Å². The van der Waals surface area contributed by atoms with Crippen LogP contribution in [-0.4, -0.2) is 27.3 Å². The van der Waals surface area contributed by atoms with Crippen LogP contribution in [0.1, 0.15) is 12.6 Å². The maximum absolute atomic E-state index is 5.19. The highest BCUT2D eigenvalue weighted by Gasteiger charge is 2.09. The van der Waals surface area contributed by atoms with Gasteiger partial charge in [-0.3, -0.25) is 5.10 Å². The van der Waals surface area contributed by atoms with Gasteiger partial charge < -0.3 is 9.72 Å². The molecule has 0 spiro atoms. The summed E-state index contributed by atoms with van der Waals surface area (Å²) in [5.41, 5.74) is 3.79. The van der Waals surface area contributed by atoms with Crippen LogP contribution in [0.5, 0.6) is 5.75 Å². The predicted octanol–water partition coefficient (Wildman–Crippen LogP) is 2.52. The summed E-state index contributed by atoms with van der Waals surface area (Å²) in [7, 11) is 1.65. The Balaban J connectivity index is 2.07. The number of hydrogen-bond donors (Lipinski definition) is 2. The third-order valence-corrected chi connectivity index (χ3v) is 2.94. The number of methoxy groups -OCH3 is 1. The first-order chi connectivity index (χ1) is 8.80. The Hall–Kier alpha value is -2.30. The van der Waals surface area contributed by atoms with Gasteiger partial charge in [0, 0.05) is 11.8 Å². The highest BCUT2D eigenvalue weighted by Crippen LogP contribution is 2.22. The largest absolute Gasteiger partial charge is 0.497 e. The summed E-state index contributed by atoms with van der Waals surface area (Å²) in [5.74, 6) is 1.59. The number of imidazole rings is 1. The van der Waals surface area contributed by atoms with E-state index < -0.39 is 0 Å². The zero-order valence-corrected chi connectivity index (χ0v) is 10.3. The molecular formula is C13H14N4O. The number of ether oxygens (including phenoxy) is 1. The van der Waals surface area contributed by atoms with E-state index in [4.69, 9.17) is 4.74 Å². The zero-order valence-electron chi connectivity index (χ0n) is 10.3. The molecule has 2 aromatic heterocycles. The first-order valence-corrected chi connectivity index (χ1v) is 5.88. The molecule has 5 heteroatoms. The van der Waals surface area contributed by atoms with Crippen LogP contribution in [0.2, 0.25) is 0 Å². The second kappa shape index (κ2) is 4.18. The summed E-state index contributed by atoms with van der Waals surface area (Å²) >= 11 is 0. The van der Waals surface area contributed by atoms with Gasteiger partial charge in [0.15, 0.2) is 5.82 Å². The number of aryl methyl sites for hydroxylation is 1. The van der Waals surface area contributed by atoms with Crippen LogP contribution >= 0.6 is 0 Å². The second-order valence-electron chi connectivity index (χ2n) is 4.10. The molecule has 0 bridgehead atoms. The van der Waals surface area contributed by atoms with Crippen LogP contribution in [0.3, 0.4) is 0 Å². The van der Waals surface area contributed by atoms with Gasteiger partial charge in [-0.25, -0.2) is 4.98 Å². The Morgan fingerprint density at radius 2 is 2.17 bits per heavy atom. The lowest BCUT2D eigenvalue weighted by Crippen LogP contribution is -1.81. The molecule has 92 valence electrons. The van der Waals surface area contributed by atoms with Crippen LogP contribution in [0.15, 0.2) is 24.3 Å². The van der Waals surface area contributed by atoms with Gasteiger partial charge in [-0.2, -0.15) is 5.10 Å². The topological polar surface area (TPSA) is 66.6 Å². The first-order valence-electron chi connectivity index (χ1n) is 5.88. The lowest BCUT2D eigenvalue weighted by atomic mass is 10.3. The van der Waals surface area contributed by atoms with Gasteiger partial charge in [0.2, 0.25) is 0 Å². The second-order valence-corrected chi connectivity index (χ2v) is 4.10. The van der Waals surface area contributed by atoms with Crippen molar-refractivity contribution in [3.05, 3.63) is 30.0 Å². The van der Waals surface area contributed by atoms with Crippen molar-refractivity contribution in [2.45, 2.75) is 13.3 Å². The number of rotatable bonds is 3. The fraction of sp³-hybridized carbons (Fsp3) is 0.231. The van der Waals surface area contributed by atoms with Crippen molar-refractivity contribution in [3.8, 4) is 17.3 Å². The summed E-state index contributed by atoms with van der Waals surface area (Å²) in [6.07, 6.45) is 0.932. The minimum absolute atomic E-state index is 0.772. The summed E-state index contributed by atoms with van der Waals surface area (Å²) in [6, 6.07) is 7.77. The van der Waals surface area contributed by atoms with Crippen LogP contribution in [0.4, 0.5) is 0 Å². The Labute approximate surface area is 104 Å². The number of aromatic amines is 2. The molecule has 0 amide bonds. The van der Waals surface area contributed by atoms with E-state index in [0.717, 1.165) is 40.4 Å². The maximum Gasteiger partial charge on any atom is 0.159 e. The summed E-state index contributed by atoms with van der Waals surface area (Å²) < 4.78 is 5.19. The van der Waals surface area contributed by atoms with Gasteiger partial charge in [0.1, 0.15) is 11.4 Å². The lowest BCUT2D eigenvalue weighted by Gasteiger charge is -1.96. The molecule has 2 heterocycles. The molecule has 2 N–H and O–H groups in total. The molecule has 0 fully saturated rings. The molecule has 0 aliphatic heterocycles. The van der Waals surface area contributed by atoms with Crippen LogP contribution in [0, 0.1) is 0 Å². The molecule has 0 saturated heterocycles. The van der Waals surface area contributed by atoms with Crippen LogP contribution in [0.25, 0.3) is 22.6 Å². The normalized spacial score (nSPS) is 11.0. The van der Waals surface area contributed by atoms with Gasteiger partial charge in [-0.1, -0.05) is 6.92 Å². The van der Waals surface area contributed by atoms with Crippen molar-refractivity contribution in [2.75, 3.05) is 7.11 Å². The van der Waals surface area contributed by atoms with E-state index in [-0.39, 0.29) is 0 Å². The molecule has 0 unspecified atom stereocenters. The molecule has 1 aromatic carbocycles. The third kappa shape index (κ3) is 1.73. The Bertz CT molecular complexity index is 683. The van der Waals surface area contributed by atoms with Crippen LogP contribution < -0.4 is 4.74 Å². The number of fused-ring (bicyclic) bond motifs is 1. The smallest absolute Gasteiger partial charge is 0.159 e. The van der Waals surface area contributed by atoms with E-state index in [0.29, 0.717) is 0 Å². The number of benzene rings is 1. The average Bonchev–Trinajstić information content (AvgIpc) is 3.03. The summed E-state index contributed by atoms with van der Waals surface area (Å²) in [4.78, 5) is 7.76. The summed E-state index contributed by atoms with van der Waals surface area (Å²) in [6.45, 7) is 2.08. The van der Waals surface area contributed by atoms with Crippen molar-refractivity contribution in [3.63, 3.8) is 0 Å². The average molecular weight is 242 g/mol. The molecule has 0 radical (unpaired) electrons. The predicted molar refractivity (Wildman–Crippen MR) is 69.6 cm³/mol. The van der Waals surface area contributed by atoms with Crippen molar-refractivity contribution < 1.29 is 4.74 Å². The molecule has 5 nitrogen and oxygen atoms in total. The standard InChI is InChI=1S/C13H14N4O/c1-3-8-6-12(17-16-8)13-14-10-5-4-9(18-2)7-11(10)15-13/h4-7H,3H2,1-2H3,(H,14,15)(H,16,17). The molecule has 3 aromatic rings. The van der Waals surface area contributed by atoms with E-state index in [9.17, 15) is 0 Å². The Kier molecular flexibility index (Phi) is 2.51. The van der Waals surface area contributed by atoms with E-state index >= 15 is 0 Å². The molecule has 0 aliphatic rings. The van der Waals surface area contributed by atoms with Gasteiger partial charge in [-0.15, -0.1) is 0 Å². The molecular weight excluding hydrogens is 228 g/mol. The highest BCUT2D eigenvalue weighted by molar-refractivity contribution is 5.80. The molecule has 0 atom stereocenters.